The minimum Gasteiger partial charge on any atom is -0.370 e. The van der Waals surface area contributed by atoms with Crippen LogP contribution in [0.25, 0.3) is 0 Å². The third-order valence-corrected chi connectivity index (χ3v) is 5.96. The summed E-state index contributed by atoms with van der Waals surface area (Å²) in [6.07, 6.45) is 11.1. The molecule has 3 atom stereocenters. The van der Waals surface area contributed by atoms with Gasteiger partial charge >= 0.3 is 0 Å². The first-order chi connectivity index (χ1) is 10.2. The number of likely N-dealkylation sites (tertiary alicyclic amines) is 1. The van der Waals surface area contributed by atoms with E-state index in [1.807, 2.05) is 0 Å². The van der Waals surface area contributed by atoms with Crippen LogP contribution in [0.4, 0.5) is 0 Å². The summed E-state index contributed by atoms with van der Waals surface area (Å²) in [5.74, 6) is 0.771. The van der Waals surface area contributed by atoms with Crippen LogP contribution in [0.2, 0.25) is 0 Å². The molecule has 3 nitrogen and oxygen atoms in total. The molecule has 0 aromatic rings. The standard InChI is InChI=1S/C18H34N2O/c1-3-11-19-17-7-12-20(13-15(17)2)14-16-6-10-18(21-16)8-4-5-9-18/h15-17,19H,3-14H2,1-2H3. The lowest BCUT2D eigenvalue weighted by Crippen LogP contribution is -2.50. The van der Waals surface area contributed by atoms with Crippen LogP contribution in [0.15, 0.2) is 0 Å². The molecule has 0 amide bonds. The summed E-state index contributed by atoms with van der Waals surface area (Å²) in [5, 5.41) is 3.72. The van der Waals surface area contributed by atoms with Crippen LogP contribution in [-0.2, 0) is 4.74 Å². The molecule has 1 saturated carbocycles. The number of hydrogen-bond acceptors (Lipinski definition) is 3. The van der Waals surface area contributed by atoms with Crippen molar-refractivity contribution in [3.8, 4) is 0 Å². The fourth-order valence-electron chi connectivity index (χ4n) is 4.73. The molecule has 3 heteroatoms. The minimum atomic E-state index is 0.303. The maximum atomic E-state index is 6.48. The highest BCUT2D eigenvalue weighted by Gasteiger charge is 2.42. The molecule has 1 aliphatic carbocycles. The number of nitrogens with zero attached hydrogens (tertiary/aromatic N) is 1. The highest BCUT2D eigenvalue weighted by atomic mass is 16.5. The number of piperidine rings is 1. The van der Waals surface area contributed by atoms with E-state index in [0.29, 0.717) is 11.7 Å². The Kier molecular flexibility index (Phi) is 5.23. The molecule has 3 aliphatic rings. The van der Waals surface area contributed by atoms with Crippen LogP contribution in [0.1, 0.15) is 65.2 Å². The van der Waals surface area contributed by atoms with E-state index in [4.69, 9.17) is 4.74 Å². The van der Waals surface area contributed by atoms with Crippen LogP contribution >= 0.6 is 0 Å². The molecule has 0 aromatic carbocycles. The minimum absolute atomic E-state index is 0.303. The molecule has 3 fully saturated rings. The van der Waals surface area contributed by atoms with Crippen LogP contribution in [0, 0.1) is 5.92 Å². The molecule has 21 heavy (non-hydrogen) atoms. The van der Waals surface area contributed by atoms with Crippen molar-refractivity contribution in [1.82, 2.24) is 10.2 Å². The van der Waals surface area contributed by atoms with Gasteiger partial charge in [-0.3, -0.25) is 0 Å². The van der Waals surface area contributed by atoms with Gasteiger partial charge in [-0.05, 0) is 57.5 Å². The summed E-state index contributed by atoms with van der Waals surface area (Å²) in [5.41, 5.74) is 0.303. The van der Waals surface area contributed by atoms with Gasteiger partial charge in [0, 0.05) is 19.1 Å². The van der Waals surface area contributed by atoms with Gasteiger partial charge in [0.25, 0.3) is 0 Å². The summed E-state index contributed by atoms with van der Waals surface area (Å²) >= 11 is 0. The first-order valence-corrected chi connectivity index (χ1v) is 9.34. The number of hydrogen-bond donors (Lipinski definition) is 1. The van der Waals surface area contributed by atoms with E-state index in [2.05, 4.69) is 24.1 Å². The van der Waals surface area contributed by atoms with E-state index in [1.165, 1.54) is 77.5 Å². The third kappa shape index (κ3) is 3.80. The summed E-state index contributed by atoms with van der Waals surface area (Å²) in [4.78, 5) is 2.66. The average Bonchev–Trinajstić information content (AvgIpc) is 3.09. The van der Waals surface area contributed by atoms with Gasteiger partial charge in [0.05, 0.1) is 11.7 Å². The van der Waals surface area contributed by atoms with E-state index in [-0.39, 0.29) is 0 Å². The lowest BCUT2D eigenvalue weighted by Gasteiger charge is -2.38. The van der Waals surface area contributed by atoms with Crippen molar-refractivity contribution < 1.29 is 4.74 Å². The Hall–Kier alpha value is -0.120. The summed E-state index contributed by atoms with van der Waals surface area (Å²) < 4.78 is 6.48. The van der Waals surface area contributed by atoms with Gasteiger partial charge in [0.1, 0.15) is 0 Å². The van der Waals surface area contributed by atoms with Crippen molar-refractivity contribution in [2.24, 2.45) is 5.92 Å². The molecule has 0 radical (unpaired) electrons. The van der Waals surface area contributed by atoms with Crippen LogP contribution < -0.4 is 5.32 Å². The van der Waals surface area contributed by atoms with Crippen LogP contribution in [-0.4, -0.2) is 48.8 Å². The lowest BCUT2D eigenvalue weighted by atomic mass is 9.93. The second kappa shape index (κ2) is 6.97. The van der Waals surface area contributed by atoms with E-state index in [9.17, 15) is 0 Å². The molecule has 2 heterocycles. The molecular formula is C18H34N2O. The third-order valence-electron chi connectivity index (χ3n) is 5.96. The number of rotatable bonds is 5. The zero-order valence-corrected chi connectivity index (χ0v) is 14.1. The van der Waals surface area contributed by atoms with Gasteiger partial charge in [-0.25, -0.2) is 0 Å². The quantitative estimate of drug-likeness (QED) is 0.843. The highest BCUT2D eigenvalue weighted by molar-refractivity contribution is 4.94. The highest BCUT2D eigenvalue weighted by Crippen LogP contribution is 2.43. The van der Waals surface area contributed by atoms with Gasteiger partial charge in [-0.2, -0.15) is 0 Å². The van der Waals surface area contributed by atoms with Crippen molar-refractivity contribution in [3.63, 3.8) is 0 Å². The van der Waals surface area contributed by atoms with Crippen molar-refractivity contribution in [3.05, 3.63) is 0 Å². The Morgan fingerprint density at radius 3 is 2.71 bits per heavy atom. The largest absolute Gasteiger partial charge is 0.370 e. The Bertz CT molecular complexity index is 327. The van der Waals surface area contributed by atoms with Crippen molar-refractivity contribution in [1.29, 1.82) is 0 Å². The second-order valence-electron chi connectivity index (χ2n) is 7.75. The van der Waals surface area contributed by atoms with E-state index in [1.54, 1.807) is 0 Å². The zero-order valence-electron chi connectivity index (χ0n) is 14.1. The average molecular weight is 294 g/mol. The predicted molar refractivity (Wildman–Crippen MR) is 87.6 cm³/mol. The van der Waals surface area contributed by atoms with E-state index < -0.39 is 0 Å². The number of nitrogens with one attached hydrogen (secondary N) is 1. The Morgan fingerprint density at radius 1 is 1.19 bits per heavy atom. The van der Waals surface area contributed by atoms with Crippen molar-refractivity contribution >= 4 is 0 Å². The monoisotopic (exact) mass is 294 g/mol. The fourth-order valence-corrected chi connectivity index (χ4v) is 4.73. The molecule has 3 rings (SSSR count). The molecule has 3 unspecified atom stereocenters. The molecule has 122 valence electrons. The van der Waals surface area contributed by atoms with E-state index >= 15 is 0 Å². The molecule has 0 bridgehead atoms. The van der Waals surface area contributed by atoms with Crippen molar-refractivity contribution in [2.75, 3.05) is 26.2 Å². The SMILES string of the molecule is CCCNC1CCN(CC2CCC3(CCCC3)O2)CC1C. The van der Waals surface area contributed by atoms with Crippen LogP contribution in [0.5, 0.6) is 0 Å². The maximum absolute atomic E-state index is 6.48. The molecule has 1 N–H and O–H groups in total. The summed E-state index contributed by atoms with van der Waals surface area (Å²) in [6, 6.07) is 0.729. The first-order valence-electron chi connectivity index (χ1n) is 9.34. The maximum Gasteiger partial charge on any atom is 0.0710 e. The van der Waals surface area contributed by atoms with E-state index in [0.717, 1.165) is 12.0 Å². The Balaban J connectivity index is 1.43. The van der Waals surface area contributed by atoms with Gasteiger partial charge in [-0.15, -0.1) is 0 Å². The molecule has 1 spiro atoms. The van der Waals surface area contributed by atoms with Gasteiger partial charge in [-0.1, -0.05) is 26.7 Å². The molecule has 2 saturated heterocycles. The lowest BCUT2D eigenvalue weighted by molar-refractivity contribution is -0.0513. The summed E-state index contributed by atoms with van der Waals surface area (Å²) in [6.45, 7) is 9.50. The van der Waals surface area contributed by atoms with Gasteiger partial charge in [0.2, 0.25) is 0 Å². The normalized spacial score (nSPS) is 36.6. The predicted octanol–water partition coefficient (Wildman–Crippen LogP) is 3.19. The molecular weight excluding hydrogens is 260 g/mol. The summed E-state index contributed by atoms with van der Waals surface area (Å²) in [7, 11) is 0. The smallest absolute Gasteiger partial charge is 0.0710 e. The fraction of sp³-hybridized carbons (Fsp3) is 1.00. The molecule has 2 aliphatic heterocycles. The zero-order chi connectivity index (χ0) is 14.7. The first kappa shape index (κ1) is 15.8. The van der Waals surface area contributed by atoms with Crippen molar-refractivity contribution in [2.45, 2.75) is 83.0 Å². The van der Waals surface area contributed by atoms with Gasteiger partial charge in [0.15, 0.2) is 0 Å². The number of ether oxygens (including phenoxy) is 1. The molecule has 0 aromatic heterocycles. The second-order valence-corrected chi connectivity index (χ2v) is 7.75. The Morgan fingerprint density at radius 2 is 2.00 bits per heavy atom. The topological polar surface area (TPSA) is 24.5 Å². The Labute approximate surface area is 130 Å². The van der Waals surface area contributed by atoms with Crippen LogP contribution in [0.3, 0.4) is 0 Å². The van der Waals surface area contributed by atoms with Gasteiger partial charge < -0.3 is 15.0 Å².